The van der Waals surface area contributed by atoms with Crippen LogP contribution in [0.4, 0.5) is 5.69 Å². The van der Waals surface area contributed by atoms with Gasteiger partial charge in [0.1, 0.15) is 12.1 Å². The number of hydrogen-bond acceptors (Lipinski definition) is 2. The van der Waals surface area contributed by atoms with E-state index in [1.165, 1.54) is 4.90 Å². The summed E-state index contributed by atoms with van der Waals surface area (Å²) in [5.74, 6) is -0.324. The van der Waals surface area contributed by atoms with Gasteiger partial charge in [0, 0.05) is 15.7 Å². The van der Waals surface area contributed by atoms with Crippen molar-refractivity contribution in [3.63, 3.8) is 0 Å². The Kier molecular flexibility index (Phi) is 4.02. The summed E-state index contributed by atoms with van der Waals surface area (Å²) in [6.07, 6.45) is 0.544. The lowest BCUT2D eigenvalue weighted by Crippen LogP contribution is -2.62. The van der Waals surface area contributed by atoms with Gasteiger partial charge in [0.2, 0.25) is 11.8 Å². The van der Waals surface area contributed by atoms with Gasteiger partial charge in [-0.05, 0) is 31.5 Å². The fraction of sp³-hybridized carbons (Fsp3) is 0.385. The number of anilines is 1. The molecule has 2 rings (SSSR count). The molecule has 4 nitrogen and oxygen atoms in total. The standard InChI is InChI=1S/C13H14Cl2N2O2/c1-3-11-13(19)17(7(2)12(18)16-11)10-5-8(14)4-9(15)6-10/h4-7,11H,3H2,1-2H3,(H,16,18). The smallest absolute Gasteiger partial charge is 0.250 e. The van der Waals surface area contributed by atoms with E-state index in [9.17, 15) is 9.59 Å². The summed E-state index contributed by atoms with van der Waals surface area (Å²) in [6.45, 7) is 3.52. The Bertz CT molecular complexity index is 513. The lowest BCUT2D eigenvalue weighted by Gasteiger charge is -2.37. The van der Waals surface area contributed by atoms with E-state index in [1.54, 1.807) is 25.1 Å². The summed E-state index contributed by atoms with van der Waals surface area (Å²) in [5.41, 5.74) is 0.545. The molecular weight excluding hydrogens is 287 g/mol. The zero-order chi connectivity index (χ0) is 14.2. The maximum Gasteiger partial charge on any atom is 0.250 e. The zero-order valence-electron chi connectivity index (χ0n) is 10.6. The normalized spacial score (nSPS) is 23.5. The van der Waals surface area contributed by atoms with Crippen molar-refractivity contribution in [1.29, 1.82) is 0 Å². The summed E-state index contributed by atoms with van der Waals surface area (Å²) in [5, 5.41) is 3.56. The van der Waals surface area contributed by atoms with Gasteiger partial charge in [-0.3, -0.25) is 14.5 Å². The maximum absolute atomic E-state index is 12.4. The number of piperazine rings is 1. The van der Waals surface area contributed by atoms with Crippen LogP contribution in [0.5, 0.6) is 0 Å². The molecule has 1 N–H and O–H groups in total. The Hall–Kier alpha value is -1.26. The van der Waals surface area contributed by atoms with E-state index in [-0.39, 0.29) is 11.8 Å². The molecule has 0 saturated carbocycles. The van der Waals surface area contributed by atoms with Crippen LogP contribution in [0, 0.1) is 0 Å². The molecule has 2 amide bonds. The van der Waals surface area contributed by atoms with Crippen molar-refractivity contribution in [2.24, 2.45) is 0 Å². The summed E-state index contributed by atoms with van der Waals surface area (Å²) >= 11 is 11.9. The van der Waals surface area contributed by atoms with Gasteiger partial charge in [-0.25, -0.2) is 0 Å². The first kappa shape index (κ1) is 14.2. The number of halogens is 2. The molecule has 0 spiro atoms. The van der Waals surface area contributed by atoms with Gasteiger partial charge < -0.3 is 5.32 Å². The number of benzene rings is 1. The summed E-state index contributed by atoms with van der Waals surface area (Å²) in [4.78, 5) is 25.7. The molecule has 0 aromatic heterocycles. The van der Waals surface area contributed by atoms with Gasteiger partial charge in [-0.2, -0.15) is 0 Å². The zero-order valence-corrected chi connectivity index (χ0v) is 12.1. The highest BCUT2D eigenvalue weighted by atomic mass is 35.5. The number of hydrogen-bond donors (Lipinski definition) is 1. The van der Waals surface area contributed by atoms with Crippen molar-refractivity contribution in [2.75, 3.05) is 4.90 Å². The van der Waals surface area contributed by atoms with Gasteiger partial charge in [0.25, 0.3) is 0 Å². The fourth-order valence-corrected chi connectivity index (χ4v) is 2.65. The highest BCUT2D eigenvalue weighted by Gasteiger charge is 2.38. The Morgan fingerprint density at radius 1 is 1.21 bits per heavy atom. The molecule has 2 atom stereocenters. The average molecular weight is 301 g/mol. The molecule has 0 radical (unpaired) electrons. The van der Waals surface area contributed by atoms with E-state index in [1.807, 2.05) is 6.92 Å². The summed E-state index contributed by atoms with van der Waals surface area (Å²) in [6, 6.07) is 3.77. The monoisotopic (exact) mass is 300 g/mol. The van der Waals surface area contributed by atoms with Gasteiger partial charge >= 0.3 is 0 Å². The molecule has 19 heavy (non-hydrogen) atoms. The second-order valence-electron chi connectivity index (χ2n) is 4.48. The van der Waals surface area contributed by atoms with Gasteiger partial charge in [0.05, 0.1) is 0 Å². The molecule has 1 heterocycles. The SMILES string of the molecule is CCC1NC(=O)C(C)N(c2cc(Cl)cc(Cl)c2)C1=O. The number of carbonyl (C=O) groups is 2. The van der Waals surface area contributed by atoms with Crippen molar-refractivity contribution in [2.45, 2.75) is 32.4 Å². The Labute approximate surface area is 121 Å². The molecule has 1 aromatic carbocycles. The van der Waals surface area contributed by atoms with E-state index < -0.39 is 12.1 Å². The third-order valence-electron chi connectivity index (χ3n) is 3.15. The largest absolute Gasteiger partial charge is 0.343 e. The van der Waals surface area contributed by atoms with Crippen LogP contribution in [0.2, 0.25) is 10.0 Å². The molecule has 1 aliphatic rings. The van der Waals surface area contributed by atoms with Gasteiger partial charge in [-0.15, -0.1) is 0 Å². The first-order valence-electron chi connectivity index (χ1n) is 6.03. The maximum atomic E-state index is 12.4. The number of carbonyl (C=O) groups excluding carboxylic acids is 2. The van der Waals surface area contributed by atoms with Crippen LogP contribution in [0.1, 0.15) is 20.3 Å². The number of rotatable bonds is 2. The van der Waals surface area contributed by atoms with Gasteiger partial charge in [0.15, 0.2) is 0 Å². The number of amides is 2. The fourth-order valence-electron chi connectivity index (χ4n) is 2.14. The van der Waals surface area contributed by atoms with E-state index in [0.29, 0.717) is 22.2 Å². The minimum Gasteiger partial charge on any atom is -0.343 e. The predicted octanol–water partition coefficient (Wildman–Crippen LogP) is 2.62. The summed E-state index contributed by atoms with van der Waals surface area (Å²) < 4.78 is 0. The Morgan fingerprint density at radius 2 is 1.79 bits per heavy atom. The first-order valence-corrected chi connectivity index (χ1v) is 6.79. The van der Waals surface area contributed by atoms with Crippen molar-refractivity contribution >= 4 is 40.7 Å². The predicted molar refractivity (Wildman–Crippen MR) is 75.6 cm³/mol. The number of nitrogens with one attached hydrogen (secondary N) is 1. The molecule has 6 heteroatoms. The molecule has 0 aliphatic carbocycles. The van der Waals surface area contributed by atoms with Crippen molar-refractivity contribution in [3.05, 3.63) is 28.2 Å². The quantitative estimate of drug-likeness (QED) is 0.913. The van der Waals surface area contributed by atoms with Crippen LogP contribution in [0.15, 0.2) is 18.2 Å². The van der Waals surface area contributed by atoms with Crippen LogP contribution in [0.3, 0.4) is 0 Å². The molecule has 1 aliphatic heterocycles. The van der Waals surface area contributed by atoms with Crippen molar-refractivity contribution in [3.8, 4) is 0 Å². The molecule has 1 aromatic rings. The highest BCUT2D eigenvalue weighted by Crippen LogP contribution is 2.28. The van der Waals surface area contributed by atoms with Crippen molar-refractivity contribution < 1.29 is 9.59 Å². The first-order chi connectivity index (χ1) is 8.93. The molecule has 1 saturated heterocycles. The van der Waals surface area contributed by atoms with E-state index in [4.69, 9.17) is 23.2 Å². The number of nitrogens with zero attached hydrogens (tertiary/aromatic N) is 1. The molecule has 0 bridgehead atoms. The summed E-state index contributed by atoms with van der Waals surface area (Å²) in [7, 11) is 0. The van der Waals surface area contributed by atoms with E-state index >= 15 is 0 Å². The molecule has 1 fully saturated rings. The van der Waals surface area contributed by atoms with E-state index in [0.717, 1.165) is 0 Å². The second kappa shape index (κ2) is 5.39. The highest BCUT2D eigenvalue weighted by molar-refractivity contribution is 6.35. The Balaban J connectivity index is 2.44. The average Bonchev–Trinajstić information content (AvgIpc) is 2.33. The molecule has 2 unspecified atom stereocenters. The van der Waals surface area contributed by atoms with Crippen LogP contribution in [-0.4, -0.2) is 23.9 Å². The molecule has 102 valence electrons. The van der Waals surface area contributed by atoms with Crippen molar-refractivity contribution in [1.82, 2.24) is 5.32 Å². The lowest BCUT2D eigenvalue weighted by molar-refractivity contribution is -0.133. The third kappa shape index (κ3) is 2.69. The van der Waals surface area contributed by atoms with E-state index in [2.05, 4.69) is 5.32 Å². The minimum atomic E-state index is -0.579. The van der Waals surface area contributed by atoms with Crippen LogP contribution in [0.25, 0.3) is 0 Å². The molecular formula is C13H14Cl2N2O2. The topological polar surface area (TPSA) is 49.4 Å². The van der Waals surface area contributed by atoms with Crippen LogP contribution >= 0.6 is 23.2 Å². The van der Waals surface area contributed by atoms with Crippen LogP contribution < -0.4 is 10.2 Å². The van der Waals surface area contributed by atoms with Gasteiger partial charge in [-0.1, -0.05) is 30.1 Å². The third-order valence-corrected chi connectivity index (χ3v) is 3.59. The van der Waals surface area contributed by atoms with Crippen LogP contribution in [-0.2, 0) is 9.59 Å². The Morgan fingerprint density at radius 3 is 2.32 bits per heavy atom. The minimum absolute atomic E-state index is 0.145. The second-order valence-corrected chi connectivity index (χ2v) is 5.35. The lowest BCUT2D eigenvalue weighted by atomic mass is 10.1.